The van der Waals surface area contributed by atoms with Gasteiger partial charge in [0.25, 0.3) is 5.91 Å². The van der Waals surface area contributed by atoms with Crippen LogP contribution >= 0.6 is 0 Å². The average molecular weight is 864 g/mol. The van der Waals surface area contributed by atoms with Crippen LogP contribution in [-0.4, -0.2) is 83.0 Å². The molecule has 1 aliphatic carbocycles. The molecule has 0 spiro atoms. The summed E-state index contributed by atoms with van der Waals surface area (Å²) in [6, 6.07) is 18.0. The minimum atomic E-state index is -0.841. The molecule has 3 aliphatic heterocycles. The maximum atomic E-state index is 15.5. The number of nitrogens with zero attached hydrogens (tertiary/aromatic N) is 8. The number of aromatic nitrogens is 7. The molecule has 1 N–H and O–H groups in total. The number of hydrogen-bond donors (Lipinski definition) is 1. The second kappa shape index (κ2) is 15.0. The first kappa shape index (κ1) is 40.2. The topological polar surface area (TPSA) is 150 Å². The van der Waals surface area contributed by atoms with Crippen molar-refractivity contribution >= 4 is 39.1 Å². The Morgan fingerprint density at radius 1 is 0.891 bits per heavy atom. The smallest absolute Gasteiger partial charge is 0.381 e. The number of benzene rings is 3. The fourth-order valence-corrected chi connectivity index (χ4v) is 11.2. The van der Waals surface area contributed by atoms with E-state index in [9.17, 15) is 9.59 Å². The van der Waals surface area contributed by atoms with E-state index < -0.39 is 11.3 Å². The molecule has 328 valence electrons. The number of likely N-dealkylation sites (tertiary alicyclic amines) is 1. The normalized spacial score (nSPS) is 22.9. The first-order valence-electron chi connectivity index (χ1n) is 22.3. The van der Waals surface area contributed by atoms with Gasteiger partial charge in [-0.05, 0) is 110 Å². The van der Waals surface area contributed by atoms with E-state index in [1.807, 2.05) is 48.3 Å². The number of aryl methyl sites for hydroxylation is 3. The number of fused-ring (bicyclic) bond motifs is 3. The number of imidazole rings is 1. The summed E-state index contributed by atoms with van der Waals surface area (Å²) in [7, 11) is 1.88. The van der Waals surface area contributed by atoms with E-state index in [0.29, 0.717) is 73.4 Å². The van der Waals surface area contributed by atoms with Crippen LogP contribution in [0.2, 0.25) is 0 Å². The van der Waals surface area contributed by atoms with E-state index in [0.717, 1.165) is 57.2 Å². The predicted octanol–water partition coefficient (Wildman–Crippen LogP) is 7.22. The lowest BCUT2D eigenvalue weighted by atomic mass is 9.86. The summed E-state index contributed by atoms with van der Waals surface area (Å²) < 4.78 is 33.2. The minimum absolute atomic E-state index is 0.0139. The number of piperidine rings is 1. The van der Waals surface area contributed by atoms with Crippen molar-refractivity contribution in [3.05, 3.63) is 139 Å². The first-order chi connectivity index (χ1) is 30.9. The number of nitrogens with one attached hydrogen (secondary N) is 1. The number of halogens is 1. The zero-order valence-corrected chi connectivity index (χ0v) is 36.6. The Morgan fingerprint density at radius 2 is 1.64 bits per heavy atom. The van der Waals surface area contributed by atoms with E-state index in [2.05, 4.69) is 51.9 Å². The Morgan fingerprint density at radius 3 is 2.38 bits per heavy atom. The van der Waals surface area contributed by atoms with Gasteiger partial charge in [-0.3, -0.25) is 33.1 Å². The third kappa shape index (κ3) is 6.14. The molecule has 11 rings (SSSR count). The molecule has 3 aromatic carbocycles. The number of carbonyl (C=O) groups is 1. The summed E-state index contributed by atoms with van der Waals surface area (Å²) in [6.45, 7) is 10.3. The molecule has 7 aromatic rings. The summed E-state index contributed by atoms with van der Waals surface area (Å²) in [5.41, 5.74) is 7.41. The molecule has 4 aromatic heterocycles. The summed E-state index contributed by atoms with van der Waals surface area (Å²) in [5.74, 6) is -0.666. The van der Waals surface area contributed by atoms with Crippen molar-refractivity contribution in [2.45, 2.75) is 70.8 Å². The van der Waals surface area contributed by atoms with Crippen molar-refractivity contribution in [2.75, 3.05) is 32.8 Å². The lowest BCUT2D eigenvalue weighted by Crippen LogP contribution is -2.43. The zero-order chi connectivity index (χ0) is 44.2. The molecule has 4 aliphatic rings. The number of carbonyl (C=O) groups excluding carboxylic acids is 1. The molecule has 1 saturated carbocycles. The van der Waals surface area contributed by atoms with Gasteiger partial charge in [0.05, 0.1) is 17.4 Å². The van der Waals surface area contributed by atoms with Crippen molar-refractivity contribution in [1.29, 1.82) is 0 Å². The number of H-pyrrole nitrogens is 1. The van der Waals surface area contributed by atoms with Gasteiger partial charge in [-0.25, -0.2) is 14.0 Å². The number of hydrogen-bond acceptors (Lipinski definition) is 8. The number of aromatic amines is 1. The number of aliphatic imine (C=N–C) groups is 1. The van der Waals surface area contributed by atoms with E-state index in [1.54, 1.807) is 46.3 Å². The Bertz CT molecular complexity index is 3190. The highest BCUT2D eigenvalue weighted by Gasteiger charge is 2.66. The highest BCUT2D eigenvalue weighted by Crippen LogP contribution is 2.61. The van der Waals surface area contributed by atoms with Crippen molar-refractivity contribution in [3.8, 4) is 5.69 Å². The summed E-state index contributed by atoms with van der Waals surface area (Å²) in [6.07, 6.45) is 8.27. The summed E-state index contributed by atoms with van der Waals surface area (Å²) in [4.78, 5) is 52.7. The van der Waals surface area contributed by atoms with Crippen LogP contribution in [0.15, 0.2) is 97.9 Å². The molecule has 1 amide bonds. The van der Waals surface area contributed by atoms with Crippen LogP contribution in [0.1, 0.15) is 89.9 Å². The molecule has 15 heteroatoms. The van der Waals surface area contributed by atoms with E-state index in [4.69, 9.17) is 14.3 Å². The number of amides is 1. The fraction of sp³-hybridized carbons (Fsp3) is 0.388. The van der Waals surface area contributed by atoms with Gasteiger partial charge >= 0.3 is 11.4 Å². The van der Waals surface area contributed by atoms with Gasteiger partial charge in [-0.15, -0.1) is 0 Å². The largest absolute Gasteiger partial charge is 0.438 e. The van der Waals surface area contributed by atoms with Gasteiger partial charge in [-0.2, -0.15) is 5.10 Å². The first-order valence-corrected chi connectivity index (χ1v) is 22.3. The third-order valence-corrected chi connectivity index (χ3v) is 14.8. The quantitative estimate of drug-likeness (QED) is 0.178. The predicted molar refractivity (Wildman–Crippen MR) is 241 cm³/mol. The second-order valence-corrected chi connectivity index (χ2v) is 18.2. The van der Waals surface area contributed by atoms with E-state index in [-0.39, 0.29) is 41.7 Å². The minimum Gasteiger partial charge on any atom is -0.381 e. The van der Waals surface area contributed by atoms with E-state index >= 15 is 9.18 Å². The molecule has 14 nitrogen and oxygen atoms in total. The van der Waals surface area contributed by atoms with Crippen molar-refractivity contribution in [1.82, 2.24) is 38.5 Å². The lowest BCUT2D eigenvalue weighted by molar-refractivity contribution is 0.0756. The van der Waals surface area contributed by atoms with Crippen LogP contribution in [0.5, 0.6) is 0 Å². The standard InChI is InChI=1S/C49H50FN9O5/c1-27-20-33(21-28(2)43(27)50)37-10-14-51-39-11-15-56(26-38(39)44(37)58-17-16-57(48(58)62)36-7-9-40-35(23-36)25-52-55(40)5)45(60)42-24-34-22-32(31-12-18-63-19-13-31)6-8-41(34)59(42)49(29(3)30(49)4)46-53-47(61)64-54-46/h6-9,16-17,20-25,29-31,37H,10-15,18-19,26H2,1-5H3,(H,53,54,61). The molecule has 3 atom stereocenters. The molecular weight excluding hydrogens is 814 g/mol. The third-order valence-electron chi connectivity index (χ3n) is 14.8. The van der Waals surface area contributed by atoms with Gasteiger partial charge in [-0.1, -0.05) is 37.2 Å². The number of allylic oxidation sites excluding steroid dienone is 1. The van der Waals surface area contributed by atoms with Crippen LogP contribution in [-0.2, 0) is 17.3 Å². The Kier molecular flexibility index (Phi) is 9.42. The van der Waals surface area contributed by atoms with Gasteiger partial charge in [0, 0.05) is 97.9 Å². The van der Waals surface area contributed by atoms with Gasteiger partial charge < -0.3 is 14.2 Å². The summed E-state index contributed by atoms with van der Waals surface area (Å²) >= 11 is 0. The maximum Gasteiger partial charge on any atom is 0.438 e. The van der Waals surface area contributed by atoms with Crippen molar-refractivity contribution in [2.24, 2.45) is 23.9 Å². The Labute approximate surface area is 367 Å². The van der Waals surface area contributed by atoms with E-state index in [1.165, 1.54) is 5.56 Å². The lowest BCUT2D eigenvalue weighted by Gasteiger charge is -2.33. The number of rotatable bonds is 7. The molecule has 3 fully saturated rings. The van der Waals surface area contributed by atoms with Crippen LogP contribution in [0, 0.1) is 31.5 Å². The Hall–Kier alpha value is -6.61. The highest BCUT2D eigenvalue weighted by molar-refractivity contribution is 6.09. The van der Waals surface area contributed by atoms with Crippen LogP contribution in [0.3, 0.4) is 0 Å². The average Bonchev–Trinajstić information content (AvgIpc) is 3.87. The zero-order valence-electron chi connectivity index (χ0n) is 36.6. The monoisotopic (exact) mass is 863 g/mol. The SMILES string of the molecule is Cc1cc(C2CCN=C3CCN(C(=O)c4cc5cc(C6CCOCC6)ccc5n4C4(c5noc(=O)[nH]5)C(C)C4C)CC3=C2n2ccn(-c3ccc4c(cnn4C)c3)c2=O)cc(C)c1F. The van der Waals surface area contributed by atoms with Crippen molar-refractivity contribution < 1.29 is 18.4 Å². The highest BCUT2D eigenvalue weighted by atomic mass is 19.1. The second-order valence-electron chi connectivity index (χ2n) is 18.2. The van der Waals surface area contributed by atoms with Gasteiger partial charge in [0.2, 0.25) is 0 Å². The van der Waals surface area contributed by atoms with Crippen LogP contribution in [0.4, 0.5) is 4.39 Å². The molecule has 0 radical (unpaired) electrons. The molecule has 7 heterocycles. The van der Waals surface area contributed by atoms with Gasteiger partial charge in [0.1, 0.15) is 17.1 Å². The van der Waals surface area contributed by atoms with Crippen LogP contribution in [0.25, 0.3) is 33.2 Å². The van der Waals surface area contributed by atoms with Crippen molar-refractivity contribution in [3.63, 3.8) is 0 Å². The maximum absolute atomic E-state index is 15.5. The van der Waals surface area contributed by atoms with Gasteiger partial charge in [0.15, 0.2) is 5.82 Å². The summed E-state index contributed by atoms with van der Waals surface area (Å²) in [5, 5.41) is 10.5. The Balaban J connectivity index is 1.06. The molecular formula is C49H50FN9O5. The number of ether oxygens (including phenoxy) is 1. The molecule has 64 heavy (non-hydrogen) atoms. The fourth-order valence-electron chi connectivity index (χ4n) is 11.2. The molecule has 3 unspecified atom stereocenters. The van der Waals surface area contributed by atoms with Crippen LogP contribution < -0.4 is 11.4 Å². The molecule has 2 saturated heterocycles. The molecule has 0 bridgehead atoms.